The number of aromatic nitrogens is 1. The van der Waals surface area contributed by atoms with Gasteiger partial charge >= 0.3 is 0 Å². The lowest BCUT2D eigenvalue weighted by molar-refractivity contribution is 0.110. The first-order valence-electron chi connectivity index (χ1n) is 7.13. The average Bonchev–Trinajstić information content (AvgIpc) is 2.45. The van der Waals surface area contributed by atoms with Crippen LogP contribution in [-0.2, 0) is 4.74 Å². The van der Waals surface area contributed by atoms with Crippen molar-refractivity contribution in [1.82, 2.24) is 4.98 Å². The standard InChI is InChI=1S/C16H23N3O/c1-12(2)11-20-10-4-9-18-15-7-6-14(17)13-5-3-8-19-16(13)15/h3,5-8,12,18H,4,9-11,17H2,1-2H3. The summed E-state index contributed by atoms with van der Waals surface area (Å²) >= 11 is 0. The van der Waals surface area contributed by atoms with Gasteiger partial charge < -0.3 is 15.8 Å². The molecule has 0 bridgehead atoms. The molecule has 0 saturated carbocycles. The first kappa shape index (κ1) is 14.6. The smallest absolute Gasteiger partial charge is 0.0953 e. The van der Waals surface area contributed by atoms with Crippen LogP contribution in [0.15, 0.2) is 30.5 Å². The number of nitrogens with zero attached hydrogens (tertiary/aromatic N) is 1. The number of ether oxygens (including phenoxy) is 1. The molecule has 0 saturated heterocycles. The molecule has 0 aliphatic heterocycles. The molecule has 1 heterocycles. The Morgan fingerprint density at radius 2 is 2.15 bits per heavy atom. The molecule has 3 N–H and O–H groups in total. The number of pyridine rings is 1. The highest BCUT2D eigenvalue weighted by molar-refractivity contribution is 5.98. The number of nitrogens with one attached hydrogen (secondary N) is 1. The maximum atomic E-state index is 5.96. The van der Waals surface area contributed by atoms with Gasteiger partial charge in [-0.3, -0.25) is 4.98 Å². The summed E-state index contributed by atoms with van der Waals surface area (Å²) < 4.78 is 5.56. The molecule has 0 radical (unpaired) electrons. The molecule has 2 rings (SSSR count). The Hall–Kier alpha value is -1.81. The number of fused-ring (bicyclic) bond motifs is 1. The summed E-state index contributed by atoms with van der Waals surface area (Å²) in [5.41, 5.74) is 8.68. The maximum absolute atomic E-state index is 5.96. The van der Waals surface area contributed by atoms with Crippen molar-refractivity contribution in [2.75, 3.05) is 30.8 Å². The second-order valence-corrected chi connectivity index (χ2v) is 5.35. The van der Waals surface area contributed by atoms with Crippen molar-refractivity contribution in [3.8, 4) is 0 Å². The average molecular weight is 273 g/mol. The highest BCUT2D eigenvalue weighted by atomic mass is 16.5. The minimum atomic E-state index is 0.591. The van der Waals surface area contributed by atoms with E-state index < -0.39 is 0 Å². The quantitative estimate of drug-likeness (QED) is 0.600. The molecule has 2 aromatic rings. The molecule has 0 atom stereocenters. The summed E-state index contributed by atoms with van der Waals surface area (Å²) in [6, 6.07) is 7.80. The van der Waals surface area contributed by atoms with Gasteiger partial charge in [-0.15, -0.1) is 0 Å². The van der Waals surface area contributed by atoms with Gasteiger partial charge in [0.2, 0.25) is 0 Å². The van der Waals surface area contributed by atoms with E-state index >= 15 is 0 Å². The van der Waals surface area contributed by atoms with Crippen molar-refractivity contribution >= 4 is 22.3 Å². The molecule has 0 aliphatic rings. The van der Waals surface area contributed by atoms with Crippen LogP contribution in [-0.4, -0.2) is 24.7 Å². The third kappa shape index (κ3) is 3.84. The maximum Gasteiger partial charge on any atom is 0.0953 e. The zero-order valence-corrected chi connectivity index (χ0v) is 12.2. The van der Waals surface area contributed by atoms with Gasteiger partial charge in [0.25, 0.3) is 0 Å². The van der Waals surface area contributed by atoms with E-state index in [0.717, 1.165) is 48.5 Å². The molecule has 4 nitrogen and oxygen atoms in total. The Bertz CT molecular complexity index is 554. The second-order valence-electron chi connectivity index (χ2n) is 5.35. The van der Waals surface area contributed by atoms with Crippen molar-refractivity contribution in [3.05, 3.63) is 30.5 Å². The van der Waals surface area contributed by atoms with E-state index in [0.29, 0.717) is 5.92 Å². The molecule has 4 heteroatoms. The van der Waals surface area contributed by atoms with E-state index in [1.807, 2.05) is 24.3 Å². The number of hydrogen-bond acceptors (Lipinski definition) is 4. The van der Waals surface area contributed by atoms with E-state index in [1.54, 1.807) is 6.20 Å². The second kappa shape index (κ2) is 7.10. The van der Waals surface area contributed by atoms with Crippen LogP contribution in [0, 0.1) is 5.92 Å². The van der Waals surface area contributed by atoms with E-state index in [2.05, 4.69) is 24.1 Å². The third-order valence-electron chi connectivity index (χ3n) is 3.04. The number of hydrogen-bond donors (Lipinski definition) is 2. The highest BCUT2D eigenvalue weighted by Gasteiger charge is 2.04. The number of rotatable bonds is 7. The number of benzene rings is 1. The normalized spacial score (nSPS) is 11.2. The molecule has 20 heavy (non-hydrogen) atoms. The van der Waals surface area contributed by atoms with Crippen molar-refractivity contribution < 1.29 is 4.74 Å². The summed E-state index contributed by atoms with van der Waals surface area (Å²) in [7, 11) is 0. The lowest BCUT2D eigenvalue weighted by atomic mass is 10.1. The Kier molecular flexibility index (Phi) is 5.18. The van der Waals surface area contributed by atoms with Gasteiger partial charge in [0, 0.05) is 37.0 Å². The van der Waals surface area contributed by atoms with Crippen LogP contribution in [0.25, 0.3) is 10.9 Å². The van der Waals surface area contributed by atoms with Crippen molar-refractivity contribution in [3.63, 3.8) is 0 Å². The van der Waals surface area contributed by atoms with Gasteiger partial charge in [-0.25, -0.2) is 0 Å². The van der Waals surface area contributed by atoms with Crippen LogP contribution >= 0.6 is 0 Å². The zero-order chi connectivity index (χ0) is 14.4. The highest BCUT2D eigenvalue weighted by Crippen LogP contribution is 2.25. The van der Waals surface area contributed by atoms with Crippen molar-refractivity contribution in [2.24, 2.45) is 5.92 Å². The molecule has 0 aliphatic carbocycles. The van der Waals surface area contributed by atoms with Crippen LogP contribution in [0.5, 0.6) is 0 Å². The molecular formula is C16H23N3O. The minimum absolute atomic E-state index is 0.591. The van der Waals surface area contributed by atoms with E-state index in [-0.39, 0.29) is 0 Å². The predicted octanol–water partition coefficient (Wildman–Crippen LogP) is 3.29. The van der Waals surface area contributed by atoms with E-state index in [4.69, 9.17) is 10.5 Å². The summed E-state index contributed by atoms with van der Waals surface area (Å²) in [4.78, 5) is 4.41. The van der Waals surface area contributed by atoms with Crippen LogP contribution in [0.3, 0.4) is 0 Å². The number of nitrogen functional groups attached to an aromatic ring is 1. The summed E-state index contributed by atoms with van der Waals surface area (Å²) in [6.45, 7) is 6.79. The van der Waals surface area contributed by atoms with Gasteiger partial charge in [-0.2, -0.15) is 0 Å². The molecule has 0 unspecified atom stereocenters. The van der Waals surface area contributed by atoms with Crippen molar-refractivity contribution in [1.29, 1.82) is 0 Å². The van der Waals surface area contributed by atoms with Gasteiger partial charge in [0.05, 0.1) is 11.2 Å². The van der Waals surface area contributed by atoms with Crippen LogP contribution < -0.4 is 11.1 Å². The third-order valence-corrected chi connectivity index (χ3v) is 3.04. The Balaban J connectivity index is 1.89. The largest absolute Gasteiger partial charge is 0.398 e. The molecule has 108 valence electrons. The number of anilines is 2. The fraction of sp³-hybridized carbons (Fsp3) is 0.438. The fourth-order valence-electron chi connectivity index (χ4n) is 2.05. The monoisotopic (exact) mass is 273 g/mol. The van der Waals surface area contributed by atoms with Gasteiger partial charge in [0.15, 0.2) is 0 Å². The Labute approximate surface area is 120 Å². The van der Waals surface area contributed by atoms with Gasteiger partial charge in [-0.1, -0.05) is 13.8 Å². The van der Waals surface area contributed by atoms with Crippen LogP contribution in [0.4, 0.5) is 11.4 Å². The van der Waals surface area contributed by atoms with E-state index in [9.17, 15) is 0 Å². The molecule has 0 amide bonds. The molecule has 0 fully saturated rings. The summed E-state index contributed by atoms with van der Waals surface area (Å²) in [5, 5.41) is 4.40. The molecular weight excluding hydrogens is 250 g/mol. The van der Waals surface area contributed by atoms with Gasteiger partial charge in [-0.05, 0) is 36.6 Å². The minimum Gasteiger partial charge on any atom is -0.398 e. The summed E-state index contributed by atoms with van der Waals surface area (Å²) in [6.07, 6.45) is 2.77. The first-order chi connectivity index (χ1) is 9.68. The zero-order valence-electron chi connectivity index (χ0n) is 12.2. The molecule has 0 spiro atoms. The van der Waals surface area contributed by atoms with Crippen LogP contribution in [0.2, 0.25) is 0 Å². The topological polar surface area (TPSA) is 60.2 Å². The Morgan fingerprint density at radius 1 is 1.30 bits per heavy atom. The fourth-order valence-corrected chi connectivity index (χ4v) is 2.05. The molecule has 1 aromatic carbocycles. The lowest BCUT2D eigenvalue weighted by Crippen LogP contribution is -2.09. The van der Waals surface area contributed by atoms with E-state index in [1.165, 1.54) is 0 Å². The molecule has 1 aromatic heterocycles. The van der Waals surface area contributed by atoms with Gasteiger partial charge in [0.1, 0.15) is 0 Å². The Morgan fingerprint density at radius 3 is 2.95 bits per heavy atom. The summed E-state index contributed by atoms with van der Waals surface area (Å²) in [5.74, 6) is 0.591. The van der Waals surface area contributed by atoms with Crippen LogP contribution in [0.1, 0.15) is 20.3 Å². The SMILES string of the molecule is CC(C)COCCCNc1ccc(N)c2cccnc12. The number of nitrogens with two attached hydrogens (primary N) is 1. The predicted molar refractivity (Wildman–Crippen MR) is 84.9 cm³/mol. The first-order valence-corrected chi connectivity index (χ1v) is 7.13. The van der Waals surface area contributed by atoms with Crippen molar-refractivity contribution in [2.45, 2.75) is 20.3 Å². The lowest BCUT2D eigenvalue weighted by Gasteiger charge is -2.11.